The van der Waals surface area contributed by atoms with Crippen LogP contribution in [0.3, 0.4) is 0 Å². The molecule has 1 saturated heterocycles. The molecule has 1 aliphatic heterocycles. The molecule has 0 spiro atoms. The van der Waals surface area contributed by atoms with Crippen LogP contribution in [0, 0.1) is 11.3 Å². The molecule has 17 heavy (non-hydrogen) atoms. The van der Waals surface area contributed by atoms with Gasteiger partial charge in [0.1, 0.15) is 17.6 Å². The summed E-state index contributed by atoms with van der Waals surface area (Å²) in [4.78, 5) is 12.5. The van der Waals surface area contributed by atoms with Crippen LogP contribution in [0.15, 0.2) is 30.3 Å². The fourth-order valence-electron chi connectivity index (χ4n) is 2.17. The monoisotopic (exact) mass is 246 g/mol. The Labute approximate surface area is 105 Å². The Morgan fingerprint density at radius 2 is 1.88 bits per heavy atom. The summed E-state index contributed by atoms with van der Waals surface area (Å²) in [6.45, 7) is 1.82. The predicted molar refractivity (Wildman–Crippen MR) is 71.1 cm³/mol. The summed E-state index contributed by atoms with van der Waals surface area (Å²) in [5.74, 6) is 2.05. The van der Waals surface area contributed by atoms with Gasteiger partial charge in [0.2, 0.25) is 5.78 Å². The van der Waals surface area contributed by atoms with Crippen molar-refractivity contribution in [3.8, 4) is 6.07 Å². The van der Waals surface area contributed by atoms with E-state index in [1.54, 1.807) is 12.1 Å². The number of hydrogen-bond donors (Lipinski definition) is 0. The fraction of sp³-hybridized carbons (Fsp3) is 0.429. The first-order valence-electron chi connectivity index (χ1n) is 5.87. The quantitative estimate of drug-likeness (QED) is 0.607. The van der Waals surface area contributed by atoms with E-state index in [4.69, 9.17) is 0 Å². The number of nitriles is 1. The molecule has 0 bridgehead atoms. The third-order valence-corrected chi connectivity index (χ3v) is 6.29. The first-order valence-corrected chi connectivity index (χ1v) is 7.43. The minimum absolute atomic E-state index is 0.00849. The molecule has 1 atom stereocenters. The van der Waals surface area contributed by atoms with Crippen molar-refractivity contribution in [2.75, 3.05) is 11.5 Å². The molecule has 1 aromatic carbocycles. The minimum atomic E-state index is -0.822. The van der Waals surface area contributed by atoms with Crippen LogP contribution in [0.25, 0.3) is 0 Å². The van der Waals surface area contributed by atoms with Gasteiger partial charge in [-0.25, -0.2) is 0 Å². The molecule has 0 aliphatic carbocycles. The van der Waals surface area contributed by atoms with E-state index in [9.17, 15) is 10.1 Å². The Morgan fingerprint density at radius 1 is 1.29 bits per heavy atom. The fourth-order valence-corrected chi connectivity index (χ4v) is 4.81. The van der Waals surface area contributed by atoms with E-state index in [1.165, 1.54) is 0 Å². The lowest BCUT2D eigenvalue weighted by molar-refractivity contribution is 0.0971. The smallest absolute Gasteiger partial charge is 0.271 e. The molecule has 88 valence electrons. The van der Waals surface area contributed by atoms with Crippen molar-refractivity contribution in [1.82, 2.24) is 0 Å². The standard InChI is InChI=1S/C14H16NOS/c1-14(11-15,17-9-5-6-10-17)13(16)12-7-3-2-4-8-12/h2-4,7-8H,5-6,9-10H2,1H3/q+1. The lowest BCUT2D eigenvalue weighted by atomic mass is 10.00. The third-order valence-electron chi connectivity index (χ3n) is 3.29. The van der Waals surface area contributed by atoms with Crippen molar-refractivity contribution in [2.24, 2.45) is 0 Å². The van der Waals surface area contributed by atoms with Crippen LogP contribution in [0.4, 0.5) is 0 Å². The molecule has 2 rings (SSSR count). The van der Waals surface area contributed by atoms with E-state index in [0.29, 0.717) is 5.56 Å². The summed E-state index contributed by atoms with van der Waals surface area (Å²) < 4.78 is -0.822. The summed E-state index contributed by atoms with van der Waals surface area (Å²) in [6.07, 6.45) is 2.31. The second-order valence-electron chi connectivity index (χ2n) is 4.45. The van der Waals surface area contributed by atoms with Crippen LogP contribution in [0.5, 0.6) is 0 Å². The molecule has 1 aromatic rings. The van der Waals surface area contributed by atoms with Gasteiger partial charge >= 0.3 is 0 Å². The average molecular weight is 246 g/mol. The highest BCUT2D eigenvalue weighted by Gasteiger charge is 2.51. The molecule has 0 amide bonds. The first-order chi connectivity index (χ1) is 8.18. The van der Waals surface area contributed by atoms with Crippen molar-refractivity contribution in [1.29, 1.82) is 5.26 Å². The molecule has 0 aromatic heterocycles. The van der Waals surface area contributed by atoms with Crippen LogP contribution >= 0.6 is 0 Å². The van der Waals surface area contributed by atoms with Crippen molar-refractivity contribution >= 4 is 16.7 Å². The largest absolute Gasteiger partial charge is 0.287 e. The van der Waals surface area contributed by atoms with Gasteiger partial charge in [-0.2, -0.15) is 5.26 Å². The van der Waals surface area contributed by atoms with Crippen molar-refractivity contribution < 1.29 is 4.79 Å². The zero-order valence-corrected chi connectivity index (χ0v) is 10.8. The van der Waals surface area contributed by atoms with Gasteiger partial charge in [0, 0.05) is 23.4 Å². The van der Waals surface area contributed by atoms with Crippen LogP contribution < -0.4 is 0 Å². The van der Waals surface area contributed by atoms with Crippen LogP contribution in [-0.2, 0) is 10.9 Å². The van der Waals surface area contributed by atoms with Crippen LogP contribution in [0.1, 0.15) is 30.1 Å². The number of benzene rings is 1. The topological polar surface area (TPSA) is 40.9 Å². The normalized spacial score (nSPS) is 19.5. The Hall–Kier alpha value is -1.27. The Morgan fingerprint density at radius 3 is 2.41 bits per heavy atom. The van der Waals surface area contributed by atoms with Gasteiger partial charge in [0.15, 0.2) is 0 Å². The number of rotatable bonds is 3. The zero-order valence-electron chi connectivity index (χ0n) is 9.98. The molecular weight excluding hydrogens is 230 g/mol. The molecule has 2 nitrogen and oxygen atoms in total. The summed E-state index contributed by atoms with van der Waals surface area (Å²) in [5.41, 5.74) is 0.663. The number of Topliss-reactive ketones (excluding diaryl/α,β-unsaturated/α-hetero) is 1. The van der Waals surface area contributed by atoms with Crippen molar-refractivity contribution in [3.63, 3.8) is 0 Å². The molecule has 0 saturated carbocycles. The maximum Gasteiger partial charge on any atom is 0.271 e. The second-order valence-corrected chi connectivity index (χ2v) is 7.07. The van der Waals surface area contributed by atoms with Crippen LogP contribution in [-0.4, -0.2) is 22.0 Å². The molecule has 0 radical (unpaired) electrons. The number of ketones is 1. The molecule has 1 aliphatic rings. The van der Waals surface area contributed by atoms with E-state index in [0.717, 1.165) is 24.3 Å². The summed E-state index contributed by atoms with van der Waals surface area (Å²) in [5, 5.41) is 9.41. The van der Waals surface area contributed by atoms with E-state index in [1.807, 2.05) is 25.1 Å². The Bertz CT molecular complexity index is 445. The molecule has 1 fully saturated rings. The minimum Gasteiger partial charge on any atom is -0.287 e. The molecule has 1 heterocycles. The van der Waals surface area contributed by atoms with Gasteiger partial charge in [-0.05, 0) is 12.8 Å². The van der Waals surface area contributed by atoms with Crippen molar-refractivity contribution in [2.45, 2.75) is 24.5 Å². The maximum absolute atomic E-state index is 12.5. The highest BCUT2D eigenvalue weighted by atomic mass is 32.2. The summed E-state index contributed by atoms with van der Waals surface area (Å²) in [6, 6.07) is 11.5. The van der Waals surface area contributed by atoms with Gasteiger partial charge in [-0.3, -0.25) is 4.79 Å². The number of carbonyl (C=O) groups excluding carboxylic acids is 1. The molecule has 0 N–H and O–H groups in total. The van der Waals surface area contributed by atoms with Gasteiger partial charge < -0.3 is 0 Å². The second kappa shape index (κ2) is 4.93. The molecular formula is C14H16NOS+. The SMILES string of the molecule is CC(C#N)(C(=O)c1ccccc1)[S+]1CCCC1. The maximum atomic E-state index is 12.5. The highest BCUT2D eigenvalue weighted by Crippen LogP contribution is 2.30. The predicted octanol–water partition coefficient (Wildman–Crippen LogP) is 2.56. The number of nitrogens with zero attached hydrogens (tertiary/aromatic N) is 1. The summed E-state index contributed by atoms with van der Waals surface area (Å²) in [7, 11) is -0.0719. The van der Waals surface area contributed by atoms with Gasteiger partial charge in [0.05, 0.1) is 0 Å². The average Bonchev–Trinajstić information content (AvgIpc) is 2.92. The summed E-state index contributed by atoms with van der Waals surface area (Å²) >= 11 is 0. The lowest BCUT2D eigenvalue weighted by Gasteiger charge is -2.18. The number of carbonyl (C=O) groups is 1. The van der Waals surface area contributed by atoms with Crippen molar-refractivity contribution in [3.05, 3.63) is 35.9 Å². The van der Waals surface area contributed by atoms with Gasteiger partial charge in [-0.15, -0.1) is 0 Å². The van der Waals surface area contributed by atoms with E-state index in [-0.39, 0.29) is 16.7 Å². The zero-order chi connectivity index (χ0) is 12.3. The van der Waals surface area contributed by atoms with E-state index < -0.39 is 4.75 Å². The first kappa shape index (κ1) is 12.2. The van der Waals surface area contributed by atoms with E-state index >= 15 is 0 Å². The Balaban J connectivity index is 2.30. The third kappa shape index (κ3) is 2.23. The Kier molecular flexibility index (Phi) is 3.54. The van der Waals surface area contributed by atoms with Gasteiger partial charge in [-0.1, -0.05) is 30.3 Å². The number of hydrogen-bond acceptors (Lipinski definition) is 2. The van der Waals surface area contributed by atoms with Gasteiger partial charge in [0.25, 0.3) is 4.75 Å². The van der Waals surface area contributed by atoms with Crippen LogP contribution in [0.2, 0.25) is 0 Å². The van der Waals surface area contributed by atoms with E-state index in [2.05, 4.69) is 6.07 Å². The lowest BCUT2D eigenvalue weighted by Crippen LogP contribution is -2.43. The molecule has 3 heteroatoms. The molecule has 1 unspecified atom stereocenters. The highest BCUT2D eigenvalue weighted by molar-refractivity contribution is 7.99.